The van der Waals surface area contributed by atoms with Crippen LogP contribution < -0.4 is 16.0 Å². The van der Waals surface area contributed by atoms with Crippen LogP contribution in [-0.4, -0.2) is 19.8 Å². The number of nitrogens with one attached hydrogen (secondary N) is 1. The summed E-state index contributed by atoms with van der Waals surface area (Å²) in [5, 5.41) is 0. The van der Waals surface area contributed by atoms with E-state index >= 15 is 0 Å². The van der Waals surface area contributed by atoms with Crippen LogP contribution in [0.2, 0.25) is 0 Å². The van der Waals surface area contributed by atoms with Crippen LogP contribution in [-0.2, 0) is 4.74 Å². The minimum absolute atomic E-state index is 0.204. The number of ether oxygens (including phenoxy) is 2. The molecule has 1 rings (SSSR count). The second kappa shape index (κ2) is 6.84. The molecule has 1 atom stereocenters. The van der Waals surface area contributed by atoms with Crippen molar-refractivity contribution in [2.75, 3.05) is 14.2 Å². The topological polar surface area (TPSA) is 56.5 Å². The van der Waals surface area contributed by atoms with Crippen molar-refractivity contribution in [1.29, 1.82) is 0 Å². The molecule has 4 nitrogen and oxygen atoms in total. The van der Waals surface area contributed by atoms with E-state index in [1.165, 1.54) is 7.11 Å². The number of benzene rings is 1. The van der Waals surface area contributed by atoms with Gasteiger partial charge in [0.15, 0.2) is 11.6 Å². The summed E-state index contributed by atoms with van der Waals surface area (Å²) in [6.45, 7) is 3.99. The summed E-state index contributed by atoms with van der Waals surface area (Å²) in [6.07, 6.45) is 1.43. The second-order valence-corrected chi connectivity index (χ2v) is 4.44. The normalized spacial score (nSPS) is 13.4. The molecule has 0 saturated heterocycles. The first-order valence-corrected chi connectivity index (χ1v) is 6.43. The van der Waals surface area contributed by atoms with Crippen LogP contribution in [0.5, 0.6) is 5.75 Å². The van der Waals surface area contributed by atoms with E-state index in [1.807, 2.05) is 13.8 Å². The number of halogens is 1. The predicted octanol–water partition coefficient (Wildman–Crippen LogP) is 2.54. The van der Waals surface area contributed by atoms with Gasteiger partial charge in [-0.25, -0.2) is 9.82 Å². The highest BCUT2D eigenvalue weighted by Crippen LogP contribution is 2.37. The number of methoxy groups -OCH3 is 2. The van der Waals surface area contributed by atoms with E-state index < -0.39 is 17.5 Å². The Labute approximate surface area is 114 Å². The van der Waals surface area contributed by atoms with E-state index in [4.69, 9.17) is 15.3 Å². The molecule has 0 bridgehead atoms. The fourth-order valence-electron chi connectivity index (χ4n) is 2.50. The first-order chi connectivity index (χ1) is 9.10. The first-order valence-electron chi connectivity index (χ1n) is 6.43. The molecule has 5 heteroatoms. The van der Waals surface area contributed by atoms with Crippen LogP contribution in [0.3, 0.4) is 0 Å². The SMILES string of the molecule is CCC(CC)(OC)C(NN)c1cccc(OC)c1F. The number of hydrogen-bond donors (Lipinski definition) is 2. The molecule has 0 radical (unpaired) electrons. The molecule has 0 heterocycles. The van der Waals surface area contributed by atoms with Crippen LogP contribution in [0.4, 0.5) is 4.39 Å². The smallest absolute Gasteiger partial charge is 0.169 e. The van der Waals surface area contributed by atoms with Gasteiger partial charge in [0.2, 0.25) is 0 Å². The first kappa shape index (κ1) is 15.9. The van der Waals surface area contributed by atoms with Gasteiger partial charge in [0, 0.05) is 12.7 Å². The molecule has 108 valence electrons. The molecular formula is C14H23FN2O2. The Balaban J connectivity index is 3.30. The molecule has 0 saturated carbocycles. The van der Waals surface area contributed by atoms with Crippen LogP contribution in [0.25, 0.3) is 0 Å². The summed E-state index contributed by atoms with van der Waals surface area (Å²) >= 11 is 0. The molecule has 0 fully saturated rings. The maximum Gasteiger partial charge on any atom is 0.169 e. The molecule has 0 spiro atoms. The lowest BCUT2D eigenvalue weighted by Crippen LogP contribution is -2.47. The zero-order valence-electron chi connectivity index (χ0n) is 12.0. The van der Waals surface area contributed by atoms with Crippen LogP contribution in [0.1, 0.15) is 38.3 Å². The minimum atomic E-state index is -0.554. The number of hydrazine groups is 1. The van der Waals surface area contributed by atoms with Crippen molar-refractivity contribution >= 4 is 0 Å². The average Bonchev–Trinajstić information content (AvgIpc) is 2.46. The van der Waals surface area contributed by atoms with Crippen molar-refractivity contribution in [2.24, 2.45) is 5.84 Å². The van der Waals surface area contributed by atoms with Crippen molar-refractivity contribution in [1.82, 2.24) is 5.43 Å². The lowest BCUT2D eigenvalue weighted by Gasteiger charge is -2.38. The summed E-state index contributed by atoms with van der Waals surface area (Å²) in [5.41, 5.74) is 2.58. The van der Waals surface area contributed by atoms with E-state index in [0.717, 1.165) is 0 Å². The molecule has 3 N–H and O–H groups in total. The Bertz CT molecular complexity index is 400. The highest BCUT2D eigenvalue weighted by Gasteiger charge is 2.38. The van der Waals surface area contributed by atoms with Gasteiger partial charge in [0.1, 0.15) is 0 Å². The summed E-state index contributed by atoms with van der Waals surface area (Å²) in [7, 11) is 3.06. The maximum absolute atomic E-state index is 14.4. The summed E-state index contributed by atoms with van der Waals surface area (Å²) in [6, 6.07) is 4.58. The number of rotatable bonds is 7. The minimum Gasteiger partial charge on any atom is -0.494 e. The molecule has 0 aromatic heterocycles. The molecule has 0 aliphatic rings. The van der Waals surface area contributed by atoms with Gasteiger partial charge in [0.05, 0.1) is 18.8 Å². The fraction of sp³-hybridized carbons (Fsp3) is 0.571. The van der Waals surface area contributed by atoms with Crippen molar-refractivity contribution < 1.29 is 13.9 Å². The number of nitrogens with two attached hydrogens (primary N) is 1. The van der Waals surface area contributed by atoms with E-state index in [1.54, 1.807) is 25.3 Å². The van der Waals surface area contributed by atoms with Gasteiger partial charge >= 0.3 is 0 Å². The third-order valence-electron chi connectivity index (χ3n) is 3.82. The molecule has 1 aromatic carbocycles. The average molecular weight is 270 g/mol. The zero-order chi connectivity index (χ0) is 14.5. The highest BCUT2D eigenvalue weighted by molar-refractivity contribution is 5.34. The molecule has 0 aliphatic heterocycles. The van der Waals surface area contributed by atoms with Gasteiger partial charge in [-0.3, -0.25) is 5.84 Å². The van der Waals surface area contributed by atoms with Crippen molar-refractivity contribution in [3.05, 3.63) is 29.6 Å². The molecule has 1 aromatic rings. The van der Waals surface area contributed by atoms with Gasteiger partial charge in [-0.05, 0) is 18.9 Å². The Morgan fingerprint density at radius 2 is 1.95 bits per heavy atom. The van der Waals surface area contributed by atoms with Crippen molar-refractivity contribution in [3.63, 3.8) is 0 Å². The Hall–Kier alpha value is -1.17. The van der Waals surface area contributed by atoms with E-state index in [9.17, 15) is 4.39 Å². The molecule has 0 amide bonds. The van der Waals surface area contributed by atoms with Gasteiger partial charge in [0.25, 0.3) is 0 Å². The van der Waals surface area contributed by atoms with Gasteiger partial charge in [-0.2, -0.15) is 0 Å². The Morgan fingerprint density at radius 3 is 2.37 bits per heavy atom. The third kappa shape index (κ3) is 2.88. The van der Waals surface area contributed by atoms with Crippen LogP contribution in [0, 0.1) is 5.82 Å². The Kier molecular flexibility index (Phi) is 5.72. The maximum atomic E-state index is 14.4. The van der Waals surface area contributed by atoms with E-state index in [-0.39, 0.29) is 5.75 Å². The van der Waals surface area contributed by atoms with Gasteiger partial charge < -0.3 is 9.47 Å². The Morgan fingerprint density at radius 1 is 1.32 bits per heavy atom. The van der Waals surface area contributed by atoms with Gasteiger partial charge in [-0.1, -0.05) is 26.0 Å². The van der Waals surface area contributed by atoms with Gasteiger partial charge in [-0.15, -0.1) is 0 Å². The highest BCUT2D eigenvalue weighted by atomic mass is 19.1. The largest absolute Gasteiger partial charge is 0.494 e. The third-order valence-corrected chi connectivity index (χ3v) is 3.82. The summed E-state index contributed by atoms with van der Waals surface area (Å²) in [5.74, 6) is 5.44. The standard InChI is InChI=1S/C14H23FN2O2/c1-5-14(6-2,19-4)13(17-16)10-8-7-9-11(18-3)12(10)15/h7-9,13,17H,5-6,16H2,1-4H3. The van der Waals surface area contributed by atoms with Crippen molar-refractivity contribution in [3.8, 4) is 5.75 Å². The number of hydrogen-bond acceptors (Lipinski definition) is 4. The second-order valence-electron chi connectivity index (χ2n) is 4.44. The van der Waals surface area contributed by atoms with E-state index in [2.05, 4.69) is 5.43 Å². The molecule has 0 aliphatic carbocycles. The quantitative estimate of drug-likeness (QED) is 0.590. The fourth-order valence-corrected chi connectivity index (χ4v) is 2.50. The summed E-state index contributed by atoms with van der Waals surface area (Å²) in [4.78, 5) is 0. The molecule has 1 unspecified atom stereocenters. The lowest BCUT2D eigenvalue weighted by molar-refractivity contribution is -0.0495. The van der Waals surface area contributed by atoms with Crippen LogP contribution >= 0.6 is 0 Å². The predicted molar refractivity (Wildman–Crippen MR) is 73.3 cm³/mol. The lowest BCUT2D eigenvalue weighted by atomic mass is 9.84. The van der Waals surface area contributed by atoms with Crippen molar-refractivity contribution in [2.45, 2.75) is 38.3 Å². The molecule has 19 heavy (non-hydrogen) atoms. The summed E-state index contributed by atoms with van der Waals surface area (Å²) < 4.78 is 25.0. The zero-order valence-corrected chi connectivity index (χ0v) is 12.0. The van der Waals surface area contributed by atoms with Crippen LogP contribution in [0.15, 0.2) is 18.2 Å². The van der Waals surface area contributed by atoms with E-state index in [0.29, 0.717) is 18.4 Å². The monoisotopic (exact) mass is 270 g/mol. The molecular weight excluding hydrogens is 247 g/mol.